The van der Waals surface area contributed by atoms with Gasteiger partial charge in [0.15, 0.2) is 0 Å². The fourth-order valence-electron chi connectivity index (χ4n) is 4.50. The van der Waals surface area contributed by atoms with Gasteiger partial charge in [-0.2, -0.15) is 4.31 Å². The Morgan fingerprint density at radius 2 is 1.74 bits per heavy atom. The van der Waals surface area contributed by atoms with Crippen LogP contribution in [0.1, 0.15) is 28.4 Å². The van der Waals surface area contributed by atoms with Crippen LogP contribution in [0.25, 0.3) is 5.69 Å². The monoisotopic (exact) mass is 534 g/mol. The fourth-order valence-corrected chi connectivity index (χ4v) is 6.06. The number of nitrogens with zero attached hydrogens (tertiary/aromatic N) is 2. The average Bonchev–Trinajstić information content (AvgIpc) is 3.28. The molecule has 4 aromatic rings. The molecule has 10 nitrogen and oxygen atoms in total. The van der Waals surface area contributed by atoms with Crippen LogP contribution in [0.3, 0.4) is 0 Å². The van der Waals surface area contributed by atoms with Crippen LogP contribution < -0.4 is 15.8 Å². The summed E-state index contributed by atoms with van der Waals surface area (Å²) in [6.45, 7) is 2.24. The van der Waals surface area contributed by atoms with Gasteiger partial charge in [0.1, 0.15) is 18.4 Å². The highest BCUT2D eigenvalue weighted by Gasteiger charge is 2.43. The van der Waals surface area contributed by atoms with E-state index in [9.17, 15) is 23.2 Å². The van der Waals surface area contributed by atoms with E-state index < -0.39 is 27.5 Å². The number of rotatable bonds is 7. The van der Waals surface area contributed by atoms with Gasteiger partial charge in [-0.1, -0.05) is 48.0 Å². The number of aryl methyl sites for hydroxylation is 1. The maximum absolute atomic E-state index is 13.6. The molecule has 0 saturated carbocycles. The minimum absolute atomic E-state index is 0.0340. The van der Waals surface area contributed by atoms with Crippen molar-refractivity contribution >= 4 is 15.9 Å². The van der Waals surface area contributed by atoms with Crippen molar-refractivity contribution in [3.05, 3.63) is 112 Å². The standard InChI is InChI=1S/C27H26N4O6S/c1-18-7-9-19(10-8-18)17-37-21-11-13-22(14-12-21)38(35,36)30-16-15-23-24(25(30)26(32)29-34)27(33)31(28-23)20-5-3-2-4-6-20/h2-14,25,28,34H,15-17H2,1H3,(H,29,32). The first-order valence-corrected chi connectivity index (χ1v) is 13.4. The number of fused-ring (bicyclic) bond motifs is 1. The molecule has 1 atom stereocenters. The molecule has 1 aliphatic rings. The van der Waals surface area contributed by atoms with Crippen LogP contribution in [0, 0.1) is 6.92 Å². The normalized spacial score (nSPS) is 15.6. The number of sulfonamides is 1. The van der Waals surface area contributed by atoms with Crippen LogP contribution >= 0.6 is 0 Å². The predicted molar refractivity (Wildman–Crippen MR) is 139 cm³/mol. The predicted octanol–water partition coefficient (Wildman–Crippen LogP) is 2.85. The minimum Gasteiger partial charge on any atom is -0.489 e. The van der Waals surface area contributed by atoms with E-state index in [0.29, 0.717) is 23.7 Å². The summed E-state index contributed by atoms with van der Waals surface area (Å²) in [5.41, 5.74) is 3.99. The van der Waals surface area contributed by atoms with Gasteiger partial charge in [-0.3, -0.25) is 19.9 Å². The number of hydroxylamine groups is 1. The molecule has 1 aromatic heterocycles. The molecule has 5 rings (SSSR count). The molecule has 2 heterocycles. The van der Waals surface area contributed by atoms with Gasteiger partial charge in [-0.15, -0.1) is 0 Å². The molecule has 3 N–H and O–H groups in total. The van der Waals surface area contributed by atoms with Crippen LogP contribution in [0.15, 0.2) is 88.6 Å². The number of benzene rings is 3. The zero-order valence-corrected chi connectivity index (χ0v) is 21.3. The summed E-state index contributed by atoms with van der Waals surface area (Å²) in [4.78, 5) is 26.0. The van der Waals surface area contributed by atoms with Crippen molar-refractivity contribution in [1.29, 1.82) is 0 Å². The number of carbonyl (C=O) groups excluding carboxylic acids is 1. The van der Waals surface area contributed by atoms with E-state index in [1.807, 2.05) is 31.2 Å². The summed E-state index contributed by atoms with van der Waals surface area (Å²) < 4.78 is 35.3. The Labute approximate surface area is 219 Å². The van der Waals surface area contributed by atoms with Gasteiger partial charge in [0.2, 0.25) is 10.0 Å². The quantitative estimate of drug-likeness (QED) is 0.247. The summed E-state index contributed by atoms with van der Waals surface area (Å²) in [5, 5.41) is 12.4. The van der Waals surface area contributed by atoms with Gasteiger partial charge in [-0.25, -0.2) is 18.6 Å². The molecule has 38 heavy (non-hydrogen) atoms. The third-order valence-corrected chi connectivity index (χ3v) is 8.36. The van der Waals surface area contributed by atoms with E-state index in [-0.39, 0.29) is 23.4 Å². The molecule has 0 fully saturated rings. The molecular weight excluding hydrogens is 508 g/mol. The van der Waals surface area contributed by atoms with Crippen LogP contribution in [0.2, 0.25) is 0 Å². The molecule has 0 spiro atoms. The molecule has 0 saturated heterocycles. The van der Waals surface area contributed by atoms with Gasteiger partial charge in [0.05, 0.1) is 16.1 Å². The summed E-state index contributed by atoms with van der Waals surface area (Å²) in [6.07, 6.45) is 0.177. The van der Waals surface area contributed by atoms with E-state index in [1.165, 1.54) is 34.4 Å². The lowest BCUT2D eigenvalue weighted by atomic mass is 10.0. The lowest BCUT2D eigenvalue weighted by Gasteiger charge is -2.32. The van der Waals surface area contributed by atoms with Crippen LogP contribution in [-0.4, -0.2) is 40.2 Å². The fraction of sp³-hybridized carbons (Fsp3) is 0.185. The van der Waals surface area contributed by atoms with E-state index >= 15 is 0 Å². The molecule has 1 unspecified atom stereocenters. The van der Waals surface area contributed by atoms with E-state index in [0.717, 1.165) is 15.4 Å². The Morgan fingerprint density at radius 3 is 2.39 bits per heavy atom. The molecular formula is C27H26N4O6S. The van der Waals surface area contributed by atoms with Gasteiger partial charge >= 0.3 is 0 Å². The molecule has 196 valence electrons. The number of aromatic amines is 1. The highest BCUT2D eigenvalue weighted by Crippen LogP contribution is 2.33. The smallest absolute Gasteiger partial charge is 0.276 e. The summed E-state index contributed by atoms with van der Waals surface area (Å²) >= 11 is 0. The van der Waals surface area contributed by atoms with E-state index in [1.54, 1.807) is 30.3 Å². The Hall–Kier alpha value is -4.19. The number of H-pyrrole nitrogens is 1. The number of ether oxygens (including phenoxy) is 1. The maximum Gasteiger partial charge on any atom is 0.276 e. The highest BCUT2D eigenvalue weighted by molar-refractivity contribution is 7.89. The van der Waals surface area contributed by atoms with Crippen molar-refractivity contribution < 1.29 is 23.2 Å². The lowest BCUT2D eigenvalue weighted by Crippen LogP contribution is -2.48. The zero-order valence-electron chi connectivity index (χ0n) is 20.5. The van der Waals surface area contributed by atoms with Gasteiger partial charge in [0, 0.05) is 18.7 Å². The SMILES string of the molecule is Cc1ccc(COc2ccc(S(=O)(=O)N3CCc4[nH]n(-c5ccccc5)c(=O)c4C3C(=O)NO)cc2)cc1. The second kappa shape index (κ2) is 10.3. The first-order chi connectivity index (χ1) is 18.3. The summed E-state index contributed by atoms with van der Waals surface area (Å²) in [7, 11) is -4.23. The maximum atomic E-state index is 13.6. The number of hydrogen-bond acceptors (Lipinski definition) is 6. The second-order valence-corrected chi connectivity index (χ2v) is 10.9. The Balaban J connectivity index is 1.43. The van der Waals surface area contributed by atoms with Gasteiger partial charge in [-0.05, 0) is 48.9 Å². The average molecular weight is 535 g/mol. The number of para-hydroxylation sites is 1. The number of carbonyl (C=O) groups is 1. The van der Waals surface area contributed by atoms with Crippen molar-refractivity contribution in [1.82, 2.24) is 19.6 Å². The third-order valence-electron chi connectivity index (χ3n) is 6.48. The molecule has 1 aliphatic heterocycles. The molecule has 0 bridgehead atoms. The van der Waals surface area contributed by atoms with Crippen molar-refractivity contribution in [2.24, 2.45) is 0 Å². The Morgan fingerprint density at radius 1 is 1.05 bits per heavy atom. The molecule has 11 heteroatoms. The summed E-state index contributed by atoms with van der Waals surface area (Å²) in [6, 6.07) is 20.9. The number of hydrogen-bond donors (Lipinski definition) is 3. The van der Waals surface area contributed by atoms with Crippen LogP contribution in [0.4, 0.5) is 0 Å². The van der Waals surface area contributed by atoms with Crippen LogP contribution in [-0.2, 0) is 27.8 Å². The van der Waals surface area contributed by atoms with Crippen LogP contribution in [0.5, 0.6) is 5.75 Å². The molecule has 3 aromatic carbocycles. The van der Waals surface area contributed by atoms with Crippen molar-refractivity contribution in [2.45, 2.75) is 30.9 Å². The zero-order chi connectivity index (χ0) is 26.9. The number of nitrogens with one attached hydrogen (secondary N) is 2. The molecule has 0 aliphatic carbocycles. The van der Waals surface area contributed by atoms with Crippen molar-refractivity contribution in [3.8, 4) is 11.4 Å². The number of aromatic nitrogens is 2. The largest absolute Gasteiger partial charge is 0.489 e. The Kier molecular flexibility index (Phi) is 6.89. The Bertz CT molecular complexity index is 1610. The number of amides is 1. The van der Waals surface area contributed by atoms with Gasteiger partial charge < -0.3 is 4.74 Å². The lowest BCUT2D eigenvalue weighted by molar-refractivity contribution is -0.133. The van der Waals surface area contributed by atoms with Gasteiger partial charge in [0.25, 0.3) is 11.5 Å². The van der Waals surface area contributed by atoms with Crippen molar-refractivity contribution in [3.63, 3.8) is 0 Å². The summed E-state index contributed by atoms with van der Waals surface area (Å²) in [5.74, 6) is -0.546. The van der Waals surface area contributed by atoms with E-state index in [4.69, 9.17) is 4.74 Å². The molecule has 0 radical (unpaired) electrons. The van der Waals surface area contributed by atoms with E-state index in [2.05, 4.69) is 5.10 Å². The third kappa shape index (κ3) is 4.74. The molecule has 1 amide bonds. The minimum atomic E-state index is -4.23. The first-order valence-electron chi connectivity index (χ1n) is 11.9. The topological polar surface area (TPSA) is 134 Å². The highest BCUT2D eigenvalue weighted by atomic mass is 32.2. The second-order valence-electron chi connectivity index (χ2n) is 8.97. The first kappa shape index (κ1) is 25.5. The van der Waals surface area contributed by atoms with Crippen molar-refractivity contribution in [2.75, 3.05) is 6.54 Å².